The van der Waals surface area contributed by atoms with Crippen molar-refractivity contribution in [2.75, 3.05) is 27.2 Å². The minimum absolute atomic E-state index is 0.00468. The standard InChI is InChI=1S/C15H21Cl2N3O/c1-19(2)7-8-20(12-5-3-4-6-12)15(21)11-9-13(16)18-14(17)10-11/h9-10,12H,3-8H2,1-2H3. The maximum atomic E-state index is 12.8. The summed E-state index contributed by atoms with van der Waals surface area (Å²) in [7, 11) is 4.02. The van der Waals surface area contributed by atoms with Gasteiger partial charge in [0.15, 0.2) is 0 Å². The molecule has 1 heterocycles. The quantitative estimate of drug-likeness (QED) is 0.777. The van der Waals surface area contributed by atoms with Crippen molar-refractivity contribution in [1.82, 2.24) is 14.8 Å². The van der Waals surface area contributed by atoms with E-state index in [0.29, 0.717) is 18.2 Å². The zero-order valence-corrected chi connectivity index (χ0v) is 14.0. The summed E-state index contributed by atoms with van der Waals surface area (Å²) < 4.78 is 0. The summed E-state index contributed by atoms with van der Waals surface area (Å²) in [5.41, 5.74) is 0.519. The molecule has 0 aliphatic heterocycles. The Morgan fingerprint density at radius 1 is 1.19 bits per heavy atom. The van der Waals surface area contributed by atoms with Crippen LogP contribution in [0.1, 0.15) is 36.0 Å². The van der Waals surface area contributed by atoms with E-state index >= 15 is 0 Å². The average molecular weight is 330 g/mol. The molecule has 1 aliphatic carbocycles. The van der Waals surface area contributed by atoms with Crippen LogP contribution in [0.3, 0.4) is 0 Å². The van der Waals surface area contributed by atoms with Crippen molar-refractivity contribution < 1.29 is 4.79 Å². The number of carbonyl (C=O) groups excluding carboxylic acids is 1. The SMILES string of the molecule is CN(C)CCN(C(=O)c1cc(Cl)nc(Cl)c1)C1CCCC1. The first-order valence-corrected chi connectivity index (χ1v) is 8.02. The smallest absolute Gasteiger partial charge is 0.254 e. The molecule has 116 valence electrons. The van der Waals surface area contributed by atoms with Crippen molar-refractivity contribution in [3.05, 3.63) is 28.0 Å². The van der Waals surface area contributed by atoms with Crippen LogP contribution in [0.15, 0.2) is 12.1 Å². The lowest BCUT2D eigenvalue weighted by Crippen LogP contribution is -2.42. The van der Waals surface area contributed by atoms with Gasteiger partial charge in [-0.1, -0.05) is 36.0 Å². The largest absolute Gasteiger partial charge is 0.334 e. The Morgan fingerprint density at radius 3 is 2.29 bits per heavy atom. The first kappa shape index (κ1) is 16.5. The van der Waals surface area contributed by atoms with E-state index in [1.54, 1.807) is 12.1 Å². The van der Waals surface area contributed by atoms with Crippen LogP contribution in [0, 0.1) is 0 Å². The maximum absolute atomic E-state index is 12.8. The number of rotatable bonds is 5. The molecular formula is C15H21Cl2N3O. The monoisotopic (exact) mass is 329 g/mol. The Bertz CT molecular complexity index is 481. The Balaban J connectivity index is 2.19. The summed E-state index contributed by atoms with van der Waals surface area (Å²) in [6.07, 6.45) is 4.53. The molecule has 0 unspecified atom stereocenters. The van der Waals surface area contributed by atoms with Crippen molar-refractivity contribution in [3.8, 4) is 0 Å². The van der Waals surface area contributed by atoms with Gasteiger partial charge in [-0.3, -0.25) is 4.79 Å². The van der Waals surface area contributed by atoms with Crippen LogP contribution in [0.25, 0.3) is 0 Å². The van der Waals surface area contributed by atoms with Gasteiger partial charge < -0.3 is 9.80 Å². The molecule has 0 radical (unpaired) electrons. The third kappa shape index (κ3) is 4.56. The lowest BCUT2D eigenvalue weighted by atomic mass is 10.1. The first-order chi connectivity index (χ1) is 9.97. The molecular weight excluding hydrogens is 309 g/mol. The van der Waals surface area contributed by atoms with Crippen LogP contribution in [0.5, 0.6) is 0 Å². The van der Waals surface area contributed by atoms with Crippen molar-refractivity contribution >= 4 is 29.1 Å². The number of carbonyl (C=O) groups is 1. The van der Waals surface area contributed by atoms with Crippen LogP contribution in [-0.2, 0) is 0 Å². The highest BCUT2D eigenvalue weighted by molar-refractivity contribution is 6.33. The van der Waals surface area contributed by atoms with E-state index in [1.165, 1.54) is 12.8 Å². The molecule has 0 spiro atoms. The van der Waals surface area contributed by atoms with Gasteiger partial charge in [-0.05, 0) is 39.1 Å². The van der Waals surface area contributed by atoms with E-state index in [9.17, 15) is 4.79 Å². The van der Waals surface area contributed by atoms with Gasteiger partial charge in [-0.25, -0.2) is 4.98 Å². The Hall–Kier alpha value is -0.840. The molecule has 1 amide bonds. The van der Waals surface area contributed by atoms with Crippen LogP contribution in [-0.4, -0.2) is 53.9 Å². The molecule has 0 atom stereocenters. The third-order valence-electron chi connectivity index (χ3n) is 3.82. The van der Waals surface area contributed by atoms with Crippen LogP contribution >= 0.6 is 23.2 Å². The fraction of sp³-hybridized carbons (Fsp3) is 0.600. The van der Waals surface area contributed by atoms with Gasteiger partial charge in [0.05, 0.1) is 0 Å². The zero-order valence-electron chi connectivity index (χ0n) is 12.5. The average Bonchev–Trinajstić information content (AvgIpc) is 2.91. The summed E-state index contributed by atoms with van der Waals surface area (Å²) in [6, 6.07) is 3.50. The Labute approximate surface area is 136 Å². The van der Waals surface area contributed by atoms with Gasteiger partial charge >= 0.3 is 0 Å². The molecule has 0 bridgehead atoms. The minimum Gasteiger partial charge on any atom is -0.334 e. The fourth-order valence-corrected chi connectivity index (χ4v) is 3.19. The molecule has 1 fully saturated rings. The second-order valence-electron chi connectivity index (χ2n) is 5.74. The van der Waals surface area contributed by atoms with Gasteiger partial charge in [0.2, 0.25) is 0 Å². The molecule has 2 rings (SSSR count). The minimum atomic E-state index is -0.00468. The number of halogens is 2. The summed E-state index contributed by atoms with van der Waals surface area (Å²) in [4.78, 5) is 20.8. The number of nitrogens with zero attached hydrogens (tertiary/aromatic N) is 3. The lowest BCUT2D eigenvalue weighted by molar-refractivity contribution is 0.0667. The van der Waals surface area contributed by atoms with E-state index < -0.39 is 0 Å². The van der Waals surface area contributed by atoms with E-state index in [-0.39, 0.29) is 16.2 Å². The van der Waals surface area contributed by atoms with Crippen molar-refractivity contribution in [1.29, 1.82) is 0 Å². The maximum Gasteiger partial charge on any atom is 0.254 e. The fourth-order valence-electron chi connectivity index (χ4n) is 2.73. The van der Waals surface area contributed by atoms with Crippen molar-refractivity contribution in [2.24, 2.45) is 0 Å². The normalized spacial score (nSPS) is 15.7. The van der Waals surface area contributed by atoms with Crippen molar-refractivity contribution in [2.45, 2.75) is 31.7 Å². The topological polar surface area (TPSA) is 36.4 Å². The van der Waals surface area contributed by atoms with Crippen LogP contribution in [0.2, 0.25) is 10.3 Å². The number of hydrogen-bond acceptors (Lipinski definition) is 3. The number of amides is 1. The van der Waals surface area contributed by atoms with Gasteiger partial charge in [-0.2, -0.15) is 0 Å². The zero-order chi connectivity index (χ0) is 15.4. The molecule has 21 heavy (non-hydrogen) atoms. The number of aromatic nitrogens is 1. The summed E-state index contributed by atoms with van der Waals surface area (Å²) in [6.45, 7) is 1.56. The van der Waals surface area contributed by atoms with E-state index in [1.807, 2.05) is 19.0 Å². The van der Waals surface area contributed by atoms with E-state index in [0.717, 1.165) is 19.4 Å². The van der Waals surface area contributed by atoms with Crippen LogP contribution < -0.4 is 0 Å². The van der Waals surface area contributed by atoms with Crippen LogP contribution in [0.4, 0.5) is 0 Å². The molecule has 0 N–H and O–H groups in total. The second-order valence-corrected chi connectivity index (χ2v) is 6.52. The van der Waals surface area contributed by atoms with Crippen molar-refractivity contribution in [3.63, 3.8) is 0 Å². The van der Waals surface area contributed by atoms with Gasteiger partial charge in [0.25, 0.3) is 5.91 Å². The van der Waals surface area contributed by atoms with E-state index in [2.05, 4.69) is 9.88 Å². The molecule has 6 heteroatoms. The summed E-state index contributed by atoms with van der Waals surface area (Å²) in [5.74, 6) is -0.00468. The lowest BCUT2D eigenvalue weighted by Gasteiger charge is -2.30. The molecule has 1 aromatic heterocycles. The second kappa shape index (κ2) is 7.43. The Kier molecular flexibility index (Phi) is 5.85. The predicted octanol–water partition coefficient (Wildman–Crippen LogP) is 3.33. The number of pyridine rings is 1. The number of likely N-dealkylation sites (N-methyl/N-ethyl adjacent to an activating group) is 1. The third-order valence-corrected chi connectivity index (χ3v) is 4.21. The molecule has 1 aliphatic rings. The highest BCUT2D eigenvalue weighted by Gasteiger charge is 2.27. The highest BCUT2D eigenvalue weighted by Crippen LogP contribution is 2.26. The van der Waals surface area contributed by atoms with Gasteiger partial charge in [-0.15, -0.1) is 0 Å². The first-order valence-electron chi connectivity index (χ1n) is 7.26. The van der Waals surface area contributed by atoms with Gasteiger partial charge in [0, 0.05) is 24.7 Å². The van der Waals surface area contributed by atoms with E-state index in [4.69, 9.17) is 23.2 Å². The molecule has 1 saturated carbocycles. The molecule has 1 aromatic rings. The molecule has 0 aromatic carbocycles. The summed E-state index contributed by atoms with van der Waals surface area (Å²) >= 11 is 11.8. The molecule has 0 saturated heterocycles. The number of hydrogen-bond donors (Lipinski definition) is 0. The predicted molar refractivity (Wildman–Crippen MR) is 86.1 cm³/mol. The highest BCUT2D eigenvalue weighted by atomic mass is 35.5. The molecule has 4 nitrogen and oxygen atoms in total. The Morgan fingerprint density at radius 2 is 1.76 bits per heavy atom. The summed E-state index contributed by atoms with van der Waals surface area (Å²) in [5, 5.41) is 0.509. The van der Waals surface area contributed by atoms with Gasteiger partial charge in [0.1, 0.15) is 10.3 Å².